The van der Waals surface area contributed by atoms with Gasteiger partial charge in [-0.05, 0) is 36.1 Å². The SMILES string of the molecule is Cc1ccc(C2(c3ccccc3)NC(=O)N(Cc3nc(-c4ccccc4)no3)C2=O)cc1C. The number of aryl methyl sites for hydroxylation is 2. The number of nitrogens with zero attached hydrogens (tertiary/aromatic N) is 3. The number of carbonyl (C=O) groups is 2. The lowest BCUT2D eigenvalue weighted by molar-refractivity contribution is -0.130. The Bertz CT molecular complexity index is 1330. The lowest BCUT2D eigenvalue weighted by Crippen LogP contribution is -2.45. The first-order chi connectivity index (χ1) is 16.0. The van der Waals surface area contributed by atoms with Crippen LogP contribution in [0.1, 0.15) is 28.1 Å². The number of urea groups is 1. The average molecular weight is 438 g/mol. The summed E-state index contributed by atoms with van der Waals surface area (Å²) >= 11 is 0. The molecule has 1 saturated heterocycles. The third kappa shape index (κ3) is 3.47. The summed E-state index contributed by atoms with van der Waals surface area (Å²) in [5, 5.41) is 6.95. The summed E-state index contributed by atoms with van der Waals surface area (Å²) in [5.74, 6) is 0.198. The molecule has 3 aromatic carbocycles. The number of amides is 3. The second-order valence-electron chi connectivity index (χ2n) is 8.11. The van der Waals surface area contributed by atoms with E-state index < -0.39 is 11.6 Å². The van der Waals surface area contributed by atoms with E-state index in [2.05, 4.69) is 15.5 Å². The van der Waals surface area contributed by atoms with Gasteiger partial charge in [-0.1, -0.05) is 84.0 Å². The molecule has 164 valence electrons. The molecule has 5 rings (SSSR count). The first-order valence-electron chi connectivity index (χ1n) is 10.6. The second kappa shape index (κ2) is 8.02. The van der Waals surface area contributed by atoms with Crippen LogP contribution in [0.4, 0.5) is 4.79 Å². The van der Waals surface area contributed by atoms with Gasteiger partial charge in [0.1, 0.15) is 6.54 Å². The van der Waals surface area contributed by atoms with Gasteiger partial charge in [-0.15, -0.1) is 0 Å². The molecule has 1 atom stereocenters. The maximum absolute atomic E-state index is 13.9. The van der Waals surface area contributed by atoms with Gasteiger partial charge in [0, 0.05) is 5.56 Å². The maximum atomic E-state index is 13.9. The van der Waals surface area contributed by atoms with Crippen LogP contribution in [0.2, 0.25) is 0 Å². The Morgan fingerprint density at radius 2 is 1.58 bits per heavy atom. The standard InChI is InChI=1S/C26H22N4O3/c1-17-13-14-21(15-18(17)2)26(20-11-7-4-8-12-20)24(31)30(25(32)28-26)16-22-27-23(29-33-22)19-9-5-3-6-10-19/h3-15H,16H2,1-2H3,(H,28,32). The highest BCUT2D eigenvalue weighted by molar-refractivity contribution is 6.09. The number of carbonyl (C=O) groups excluding carboxylic acids is 2. The van der Waals surface area contributed by atoms with Crippen molar-refractivity contribution in [3.63, 3.8) is 0 Å². The molecular weight excluding hydrogens is 416 g/mol. The minimum absolute atomic E-state index is 0.121. The molecule has 1 N–H and O–H groups in total. The fourth-order valence-corrected chi connectivity index (χ4v) is 4.10. The predicted octanol–water partition coefficient (Wildman–Crippen LogP) is 4.35. The third-order valence-corrected chi connectivity index (χ3v) is 6.05. The molecule has 33 heavy (non-hydrogen) atoms. The average Bonchev–Trinajstić information content (AvgIpc) is 3.41. The molecule has 1 fully saturated rings. The van der Waals surface area contributed by atoms with Crippen LogP contribution in [0, 0.1) is 13.8 Å². The Balaban J connectivity index is 1.53. The largest absolute Gasteiger partial charge is 0.337 e. The van der Waals surface area contributed by atoms with Crippen molar-refractivity contribution in [2.24, 2.45) is 0 Å². The van der Waals surface area contributed by atoms with Crippen molar-refractivity contribution < 1.29 is 14.1 Å². The summed E-state index contributed by atoms with van der Waals surface area (Å²) in [6.45, 7) is 3.87. The first kappa shape index (κ1) is 20.6. The second-order valence-corrected chi connectivity index (χ2v) is 8.11. The van der Waals surface area contributed by atoms with Crippen molar-refractivity contribution >= 4 is 11.9 Å². The normalized spacial score (nSPS) is 17.9. The topological polar surface area (TPSA) is 88.3 Å². The molecule has 3 amide bonds. The number of nitrogens with one attached hydrogen (secondary N) is 1. The van der Waals surface area contributed by atoms with Crippen molar-refractivity contribution in [3.8, 4) is 11.4 Å². The highest BCUT2D eigenvalue weighted by Gasteiger charge is 2.54. The van der Waals surface area contributed by atoms with Crippen LogP contribution < -0.4 is 5.32 Å². The lowest BCUT2D eigenvalue weighted by atomic mass is 9.81. The Labute approximate surface area is 191 Å². The van der Waals surface area contributed by atoms with Crippen LogP contribution in [0.15, 0.2) is 83.4 Å². The zero-order valence-electron chi connectivity index (χ0n) is 18.3. The lowest BCUT2D eigenvalue weighted by Gasteiger charge is -2.28. The number of imide groups is 1. The van der Waals surface area contributed by atoms with Crippen LogP contribution >= 0.6 is 0 Å². The minimum atomic E-state index is -1.33. The monoisotopic (exact) mass is 438 g/mol. The predicted molar refractivity (Wildman–Crippen MR) is 122 cm³/mol. The molecular formula is C26H22N4O3. The van der Waals surface area contributed by atoms with Gasteiger partial charge in [0.05, 0.1) is 0 Å². The number of rotatable bonds is 5. The van der Waals surface area contributed by atoms with E-state index in [9.17, 15) is 9.59 Å². The van der Waals surface area contributed by atoms with Gasteiger partial charge in [-0.2, -0.15) is 4.98 Å². The van der Waals surface area contributed by atoms with Crippen molar-refractivity contribution in [1.29, 1.82) is 0 Å². The fraction of sp³-hybridized carbons (Fsp3) is 0.154. The molecule has 0 saturated carbocycles. The van der Waals surface area contributed by atoms with E-state index in [0.717, 1.165) is 21.6 Å². The van der Waals surface area contributed by atoms with Crippen molar-refractivity contribution in [3.05, 3.63) is 107 Å². The van der Waals surface area contributed by atoms with E-state index >= 15 is 0 Å². The third-order valence-electron chi connectivity index (χ3n) is 6.05. The number of hydrogen-bond donors (Lipinski definition) is 1. The van der Waals surface area contributed by atoms with E-state index in [-0.39, 0.29) is 18.3 Å². The molecule has 2 heterocycles. The van der Waals surface area contributed by atoms with Crippen LogP contribution in [-0.4, -0.2) is 27.0 Å². The number of benzene rings is 3. The van der Waals surface area contributed by atoms with Gasteiger partial charge in [0.15, 0.2) is 5.54 Å². The van der Waals surface area contributed by atoms with Crippen LogP contribution in [0.25, 0.3) is 11.4 Å². The van der Waals surface area contributed by atoms with E-state index in [1.165, 1.54) is 0 Å². The maximum Gasteiger partial charge on any atom is 0.326 e. The number of hydrogen-bond acceptors (Lipinski definition) is 5. The molecule has 0 radical (unpaired) electrons. The summed E-state index contributed by atoms with van der Waals surface area (Å²) in [4.78, 5) is 32.5. The van der Waals surface area contributed by atoms with E-state index in [4.69, 9.17) is 4.52 Å². The van der Waals surface area contributed by atoms with Crippen LogP contribution in [0.3, 0.4) is 0 Å². The molecule has 0 bridgehead atoms. The highest BCUT2D eigenvalue weighted by Crippen LogP contribution is 2.37. The molecule has 7 heteroatoms. The molecule has 1 aromatic heterocycles. The van der Waals surface area contributed by atoms with Crippen LogP contribution in [-0.2, 0) is 16.9 Å². The van der Waals surface area contributed by atoms with Gasteiger partial charge < -0.3 is 9.84 Å². The summed E-state index contributed by atoms with van der Waals surface area (Å²) in [6.07, 6.45) is 0. The van der Waals surface area contributed by atoms with Crippen LogP contribution in [0.5, 0.6) is 0 Å². The first-order valence-corrected chi connectivity index (χ1v) is 10.6. The summed E-state index contributed by atoms with van der Waals surface area (Å²) in [7, 11) is 0. The van der Waals surface area contributed by atoms with Gasteiger partial charge in [0.2, 0.25) is 11.7 Å². The van der Waals surface area contributed by atoms with E-state index in [1.54, 1.807) is 0 Å². The van der Waals surface area contributed by atoms with Gasteiger partial charge in [-0.3, -0.25) is 9.69 Å². The molecule has 1 unspecified atom stereocenters. The van der Waals surface area contributed by atoms with E-state index in [1.807, 2.05) is 92.7 Å². The van der Waals surface area contributed by atoms with Gasteiger partial charge in [-0.25, -0.2) is 4.79 Å². The molecule has 0 spiro atoms. The summed E-state index contributed by atoms with van der Waals surface area (Å²) < 4.78 is 5.36. The Hall–Kier alpha value is -4.26. The van der Waals surface area contributed by atoms with Gasteiger partial charge >= 0.3 is 6.03 Å². The van der Waals surface area contributed by atoms with Crippen molar-refractivity contribution in [2.75, 3.05) is 0 Å². The van der Waals surface area contributed by atoms with Crippen molar-refractivity contribution in [1.82, 2.24) is 20.4 Å². The molecule has 0 aliphatic carbocycles. The quantitative estimate of drug-likeness (QED) is 0.468. The Morgan fingerprint density at radius 1 is 0.879 bits per heavy atom. The van der Waals surface area contributed by atoms with E-state index in [0.29, 0.717) is 17.0 Å². The fourth-order valence-electron chi connectivity index (χ4n) is 4.10. The zero-order valence-corrected chi connectivity index (χ0v) is 18.3. The highest BCUT2D eigenvalue weighted by atomic mass is 16.5. The molecule has 1 aliphatic rings. The molecule has 4 aromatic rings. The zero-order chi connectivity index (χ0) is 23.0. The smallest absolute Gasteiger partial charge is 0.326 e. The Morgan fingerprint density at radius 3 is 2.27 bits per heavy atom. The van der Waals surface area contributed by atoms with Crippen molar-refractivity contribution in [2.45, 2.75) is 25.9 Å². The summed E-state index contributed by atoms with van der Waals surface area (Å²) in [6, 6.07) is 23.9. The minimum Gasteiger partial charge on any atom is -0.337 e. The number of aromatic nitrogens is 2. The van der Waals surface area contributed by atoms with Gasteiger partial charge in [0.25, 0.3) is 5.91 Å². The molecule has 1 aliphatic heterocycles. The Kier molecular flexibility index (Phi) is 5.01. The molecule has 7 nitrogen and oxygen atoms in total. The summed E-state index contributed by atoms with van der Waals surface area (Å²) in [5.41, 5.74) is 2.98.